The summed E-state index contributed by atoms with van der Waals surface area (Å²) < 4.78 is 0. The van der Waals surface area contributed by atoms with Crippen molar-refractivity contribution in [3.8, 4) is 0 Å². The molecule has 2 fully saturated rings. The van der Waals surface area contributed by atoms with Gasteiger partial charge in [-0.3, -0.25) is 0 Å². The summed E-state index contributed by atoms with van der Waals surface area (Å²) in [5.74, 6) is 3.73. The number of fused-ring (bicyclic) bond motifs is 1. The first-order valence-corrected chi connectivity index (χ1v) is 6.83. The van der Waals surface area contributed by atoms with Gasteiger partial charge in [0.1, 0.15) is 0 Å². The summed E-state index contributed by atoms with van der Waals surface area (Å²) in [7, 11) is 0. The monoisotopic (exact) mass is 220 g/mol. The summed E-state index contributed by atoms with van der Waals surface area (Å²) in [6, 6.07) is 0. The molecular formula is C15H24O. The second-order valence-corrected chi connectivity index (χ2v) is 6.93. The van der Waals surface area contributed by atoms with Crippen LogP contribution in [0.15, 0.2) is 11.6 Å². The molecule has 2 saturated carbocycles. The smallest absolute Gasteiger partial charge is 0.0760 e. The van der Waals surface area contributed by atoms with Crippen molar-refractivity contribution in [2.75, 3.05) is 0 Å². The highest BCUT2D eigenvalue weighted by Gasteiger charge is 2.67. The van der Waals surface area contributed by atoms with E-state index in [4.69, 9.17) is 0 Å². The zero-order chi connectivity index (χ0) is 11.7. The van der Waals surface area contributed by atoms with Gasteiger partial charge in [0.15, 0.2) is 0 Å². The van der Waals surface area contributed by atoms with E-state index >= 15 is 0 Å². The van der Waals surface area contributed by atoms with Gasteiger partial charge in [-0.25, -0.2) is 0 Å². The van der Waals surface area contributed by atoms with Gasteiger partial charge in [-0.2, -0.15) is 0 Å². The number of allylic oxidation sites excluding steroid dienone is 1. The topological polar surface area (TPSA) is 20.2 Å². The summed E-state index contributed by atoms with van der Waals surface area (Å²) in [5, 5.41) is 10.3. The molecule has 0 unspecified atom stereocenters. The van der Waals surface area contributed by atoms with E-state index in [9.17, 15) is 5.11 Å². The highest BCUT2D eigenvalue weighted by atomic mass is 16.3. The lowest BCUT2D eigenvalue weighted by molar-refractivity contribution is -0.215. The summed E-state index contributed by atoms with van der Waals surface area (Å²) in [5.41, 5.74) is 1.89. The first-order chi connectivity index (χ1) is 7.47. The van der Waals surface area contributed by atoms with E-state index in [1.54, 1.807) is 0 Å². The molecule has 0 aromatic rings. The molecule has 0 spiro atoms. The van der Waals surface area contributed by atoms with E-state index in [1.807, 2.05) is 0 Å². The van der Waals surface area contributed by atoms with Gasteiger partial charge in [0.25, 0.3) is 0 Å². The fourth-order valence-electron chi connectivity index (χ4n) is 5.38. The van der Waals surface area contributed by atoms with Crippen molar-refractivity contribution >= 4 is 0 Å². The first-order valence-electron chi connectivity index (χ1n) is 6.83. The van der Waals surface area contributed by atoms with E-state index in [2.05, 4.69) is 33.8 Å². The summed E-state index contributed by atoms with van der Waals surface area (Å²) in [6.07, 6.45) is 4.66. The third-order valence-electron chi connectivity index (χ3n) is 5.93. The Bertz CT molecular complexity index is 343. The molecule has 0 amide bonds. The van der Waals surface area contributed by atoms with Gasteiger partial charge in [-0.15, -0.1) is 0 Å². The van der Waals surface area contributed by atoms with E-state index in [-0.39, 0.29) is 6.10 Å². The van der Waals surface area contributed by atoms with Gasteiger partial charge in [0, 0.05) is 0 Å². The van der Waals surface area contributed by atoms with Crippen LogP contribution in [0.25, 0.3) is 0 Å². The van der Waals surface area contributed by atoms with Crippen LogP contribution >= 0.6 is 0 Å². The lowest BCUT2D eigenvalue weighted by Gasteiger charge is -2.71. The van der Waals surface area contributed by atoms with Crippen molar-refractivity contribution in [3.63, 3.8) is 0 Å². The molecule has 0 radical (unpaired) electrons. The zero-order valence-corrected chi connectivity index (χ0v) is 10.9. The van der Waals surface area contributed by atoms with Gasteiger partial charge in [0.05, 0.1) is 6.10 Å². The van der Waals surface area contributed by atoms with Crippen LogP contribution in [0.4, 0.5) is 0 Å². The zero-order valence-electron chi connectivity index (χ0n) is 10.9. The maximum absolute atomic E-state index is 10.3. The molecule has 0 aromatic heterocycles. The largest absolute Gasteiger partial charge is 0.389 e. The van der Waals surface area contributed by atoms with Crippen LogP contribution in [0.3, 0.4) is 0 Å². The Morgan fingerprint density at radius 1 is 1.44 bits per heavy atom. The van der Waals surface area contributed by atoms with Crippen molar-refractivity contribution in [1.82, 2.24) is 0 Å². The molecule has 1 heteroatoms. The first kappa shape index (κ1) is 10.8. The lowest BCUT2D eigenvalue weighted by atomic mass is 9.34. The van der Waals surface area contributed by atoms with Gasteiger partial charge >= 0.3 is 0 Å². The average Bonchev–Trinajstić information content (AvgIpc) is 2.15. The molecule has 1 nitrogen and oxygen atoms in total. The molecule has 0 aromatic carbocycles. The minimum absolute atomic E-state index is 0.165. The van der Waals surface area contributed by atoms with Crippen molar-refractivity contribution in [1.29, 1.82) is 0 Å². The molecule has 16 heavy (non-hydrogen) atoms. The van der Waals surface area contributed by atoms with E-state index < -0.39 is 0 Å². The third kappa shape index (κ3) is 1.06. The molecule has 6 atom stereocenters. The van der Waals surface area contributed by atoms with Crippen LogP contribution in [0.2, 0.25) is 0 Å². The van der Waals surface area contributed by atoms with Crippen molar-refractivity contribution < 1.29 is 5.11 Å². The molecule has 4 rings (SSSR count). The highest BCUT2D eigenvalue weighted by Crippen LogP contribution is 2.71. The molecule has 4 bridgehead atoms. The van der Waals surface area contributed by atoms with Gasteiger partial charge < -0.3 is 5.11 Å². The lowest BCUT2D eigenvalue weighted by Crippen LogP contribution is -2.67. The van der Waals surface area contributed by atoms with Crippen molar-refractivity contribution in [2.24, 2.45) is 35.0 Å². The van der Waals surface area contributed by atoms with Crippen LogP contribution in [0.5, 0.6) is 0 Å². The number of rotatable bonds is 1. The average molecular weight is 220 g/mol. The van der Waals surface area contributed by atoms with Crippen molar-refractivity contribution in [2.45, 2.75) is 46.6 Å². The molecule has 0 heterocycles. The number of aliphatic hydroxyl groups is 1. The highest BCUT2D eigenvalue weighted by molar-refractivity contribution is 5.31. The second-order valence-electron chi connectivity index (χ2n) is 6.93. The number of aliphatic hydroxyl groups excluding tert-OH is 1. The molecular weight excluding hydrogens is 196 g/mol. The standard InChI is InChI=1S/C15H24O/c1-8(2)10-5-6-15(4)13-9(3)7-11(16)14(15)12(10)13/h7-8,10-14,16H,5-6H2,1-4H3/t10-,11+,12+,13+,14-,15-/m1/s1. The van der Waals surface area contributed by atoms with Crippen LogP contribution in [0, 0.1) is 35.0 Å². The number of hydrogen-bond acceptors (Lipinski definition) is 1. The van der Waals surface area contributed by atoms with Gasteiger partial charge in [0.2, 0.25) is 0 Å². The third-order valence-corrected chi connectivity index (χ3v) is 5.93. The summed E-state index contributed by atoms with van der Waals surface area (Å²) >= 11 is 0. The second kappa shape index (κ2) is 3.13. The summed E-state index contributed by atoms with van der Waals surface area (Å²) in [6.45, 7) is 9.35. The normalized spacial score (nSPS) is 54.6. The quantitative estimate of drug-likeness (QED) is 0.673. The fraction of sp³-hybridized carbons (Fsp3) is 0.867. The minimum atomic E-state index is -0.165. The Hall–Kier alpha value is -0.300. The van der Waals surface area contributed by atoms with E-state index in [1.165, 1.54) is 18.4 Å². The van der Waals surface area contributed by atoms with Crippen LogP contribution in [-0.4, -0.2) is 11.2 Å². The van der Waals surface area contributed by atoms with E-state index in [0.29, 0.717) is 11.3 Å². The predicted octanol–water partition coefficient (Wildman–Crippen LogP) is 3.24. The molecule has 1 N–H and O–H groups in total. The SMILES string of the molecule is CC1=C[C@H](O)[C@@H]2[C@H]3[C@@H](C(C)C)CC[C@]2(C)[C@@H]13. The maximum Gasteiger partial charge on any atom is 0.0760 e. The van der Waals surface area contributed by atoms with Gasteiger partial charge in [-0.1, -0.05) is 32.4 Å². The van der Waals surface area contributed by atoms with Crippen LogP contribution in [-0.2, 0) is 0 Å². The Morgan fingerprint density at radius 2 is 2.12 bits per heavy atom. The van der Waals surface area contributed by atoms with Crippen LogP contribution < -0.4 is 0 Å². The van der Waals surface area contributed by atoms with Crippen molar-refractivity contribution in [3.05, 3.63) is 11.6 Å². The molecule has 4 aliphatic carbocycles. The Balaban J connectivity index is 1.99. The molecule has 0 saturated heterocycles. The molecule has 4 aliphatic rings. The minimum Gasteiger partial charge on any atom is -0.389 e. The van der Waals surface area contributed by atoms with Crippen LogP contribution in [0.1, 0.15) is 40.5 Å². The number of hydrogen-bond donors (Lipinski definition) is 1. The predicted molar refractivity (Wildman–Crippen MR) is 65.9 cm³/mol. The molecule has 0 aliphatic heterocycles. The Morgan fingerprint density at radius 3 is 2.69 bits per heavy atom. The summed E-state index contributed by atoms with van der Waals surface area (Å²) in [4.78, 5) is 0. The Kier molecular flexibility index (Phi) is 2.12. The Labute approximate surface area is 98.9 Å². The fourth-order valence-corrected chi connectivity index (χ4v) is 5.38. The molecule has 90 valence electrons. The van der Waals surface area contributed by atoms with E-state index in [0.717, 1.165) is 23.7 Å². The maximum atomic E-state index is 10.3. The van der Waals surface area contributed by atoms with Gasteiger partial charge in [-0.05, 0) is 54.8 Å².